The lowest BCUT2D eigenvalue weighted by Crippen LogP contribution is -2.29. The summed E-state index contributed by atoms with van der Waals surface area (Å²) in [6, 6.07) is 30.4. The number of hydrogen-bond acceptors (Lipinski definition) is 6. The topological polar surface area (TPSA) is 93.2 Å². The van der Waals surface area contributed by atoms with E-state index in [2.05, 4.69) is 20.8 Å². The summed E-state index contributed by atoms with van der Waals surface area (Å²) in [7, 11) is 1.44. The Morgan fingerprint density at radius 2 is 1.02 bits per heavy atom. The van der Waals surface area contributed by atoms with Crippen molar-refractivity contribution in [2.24, 2.45) is 0 Å². The Kier molecular flexibility index (Phi) is 7.24. The van der Waals surface area contributed by atoms with Gasteiger partial charge in [0.1, 0.15) is 11.5 Å². The molecular formula is C40H32N2O6. The van der Waals surface area contributed by atoms with Gasteiger partial charge in [-0.15, -0.1) is 0 Å². The zero-order chi connectivity index (χ0) is 33.9. The zero-order valence-electron chi connectivity index (χ0n) is 27.2. The summed E-state index contributed by atoms with van der Waals surface area (Å²) in [6.45, 7) is 8.42. The van der Waals surface area contributed by atoms with Gasteiger partial charge < -0.3 is 9.47 Å². The summed E-state index contributed by atoms with van der Waals surface area (Å²) in [6.07, 6.45) is 0. The normalized spacial score (nSPS) is 14.0. The summed E-state index contributed by atoms with van der Waals surface area (Å²) in [4.78, 5) is 54.1. The average molecular weight is 637 g/mol. The molecule has 5 aromatic rings. The van der Waals surface area contributed by atoms with Crippen molar-refractivity contribution < 1.29 is 28.7 Å². The zero-order valence-corrected chi connectivity index (χ0v) is 27.2. The first-order valence-corrected chi connectivity index (χ1v) is 15.6. The molecule has 0 saturated carbocycles. The summed E-state index contributed by atoms with van der Waals surface area (Å²) in [5, 5.41) is 0. The molecule has 0 fully saturated rings. The van der Waals surface area contributed by atoms with Crippen LogP contribution in [-0.4, -0.2) is 35.6 Å². The minimum absolute atomic E-state index is 0.101. The summed E-state index contributed by atoms with van der Waals surface area (Å²) in [5.41, 5.74) is 5.03. The number of aryl methyl sites for hydroxylation is 1. The molecule has 0 N–H and O–H groups in total. The molecule has 5 aromatic carbocycles. The van der Waals surface area contributed by atoms with Crippen molar-refractivity contribution >= 4 is 29.3 Å². The molecule has 7 rings (SSSR count). The second kappa shape index (κ2) is 11.3. The maximum atomic E-state index is 13.6. The van der Waals surface area contributed by atoms with Gasteiger partial charge in [-0.25, -0.2) is 4.90 Å². The smallest absolute Gasteiger partial charge is 0.266 e. The van der Waals surface area contributed by atoms with Gasteiger partial charge in [0.15, 0.2) is 11.5 Å². The number of ether oxygens (including phenoxy) is 2. The third-order valence-electron chi connectivity index (χ3n) is 8.69. The number of anilines is 1. The van der Waals surface area contributed by atoms with E-state index in [1.165, 1.54) is 7.05 Å². The van der Waals surface area contributed by atoms with E-state index in [0.717, 1.165) is 20.9 Å². The maximum Gasteiger partial charge on any atom is 0.266 e. The summed E-state index contributed by atoms with van der Waals surface area (Å²) >= 11 is 0. The number of carbonyl (C=O) groups is 4. The molecule has 48 heavy (non-hydrogen) atoms. The van der Waals surface area contributed by atoms with E-state index >= 15 is 0 Å². The molecule has 8 nitrogen and oxygen atoms in total. The molecule has 8 heteroatoms. The van der Waals surface area contributed by atoms with Gasteiger partial charge in [0, 0.05) is 7.05 Å². The molecule has 2 heterocycles. The molecule has 0 aliphatic carbocycles. The summed E-state index contributed by atoms with van der Waals surface area (Å²) in [5.74, 6) is 0.671. The van der Waals surface area contributed by atoms with Crippen LogP contribution in [0.3, 0.4) is 0 Å². The van der Waals surface area contributed by atoms with Crippen molar-refractivity contribution in [3.05, 3.63) is 137 Å². The van der Waals surface area contributed by atoms with Crippen LogP contribution in [-0.2, 0) is 5.41 Å². The molecular weight excluding hydrogens is 604 g/mol. The van der Waals surface area contributed by atoms with Crippen LogP contribution in [0.1, 0.15) is 73.3 Å². The Bertz CT molecular complexity index is 2160. The third kappa shape index (κ3) is 5.31. The second-order valence-electron chi connectivity index (χ2n) is 13.1. The van der Waals surface area contributed by atoms with Crippen molar-refractivity contribution in [1.82, 2.24) is 4.90 Å². The molecule has 0 radical (unpaired) electrons. The Morgan fingerprint density at radius 3 is 1.62 bits per heavy atom. The van der Waals surface area contributed by atoms with Crippen LogP contribution in [0.4, 0.5) is 5.69 Å². The van der Waals surface area contributed by atoms with E-state index in [1.54, 1.807) is 60.7 Å². The first kappa shape index (κ1) is 30.6. The van der Waals surface area contributed by atoms with E-state index in [9.17, 15) is 19.2 Å². The van der Waals surface area contributed by atoms with Gasteiger partial charge in [0.2, 0.25) is 0 Å². The number of benzene rings is 5. The Morgan fingerprint density at radius 1 is 0.521 bits per heavy atom. The fraction of sp³-hybridized carbons (Fsp3) is 0.150. The minimum atomic E-state index is -0.454. The second-order valence-corrected chi connectivity index (χ2v) is 13.1. The highest BCUT2D eigenvalue weighted by Gasteiger charge is 2.37. The van der Waals surface area contributed by atoms with Crippen molar-refractivity contribution in [2.75, 3.05) is 11.9 Å². The molecule has 0 aromatic heterocycles. The number of rotatable bonds is 6. The van der Waals surface area contributed by atoms with Gasteiger partial charge in [-0.1, -0.05) is 56.7 Å². The van der Waals surface area contributed by atoms with Crippen molar-refractivity contribution in [3.63, 3.8) is 0 Å². The molecule has 4 amide bonds. The van der Waals surface area contributed by atoms with E-state index in [0.29, 0.717) is 50.9 Å². The van der Waals surface area contributed by atoms with Crippen LogP contribution >= 0.6 is 0 Å². The van der Waals surface area contributed by atoms with Gasteiger partial charge in [-0.2, -0.15) is 0 Å². The SMILES string of the molecule is Cc1ccc(Oc2cc(C(C)(C)C)ccc2Oc2ccc(N3C(=O)c4ccc(-c5ccc6c(c5)C(=O)N(C)C6=O)cc4C3=O)cc2)cc1. The lowest BCUT2D eigenvalue weighted by Gasteiger charge is -2.21. The van der Waals surface area contributed by atoms with Crippen LogP contribution < -0.4 is 14.4 Å². The first-order valence-electron chi connectivity index (χ1n) is 15.6. The molecule has 0 unspecified atom stereocenters. The van der Waals surface area contributed by atoms with Crippen LogP contribution in [0.2, 0.25) is 0 Å². The van der Waals surface area contributed by atoms with Gasteiger partial charge >= 0.3 is 0 Å². The Hall–Kier alpha value is -6.02. The van der Waals surface area contributed by atoms with Crippen molar-refractivity contribution in [1.29, 1.82) is 0 Å². The summed E-state index contributed by atoms with van der Waals surface area (Å²) < 4.78 is 12.5. The molecule has 0 spiro atoms. The lowest BCUT2D eigenvalue weighted by atomic mass is 9.87. The quantitative estimate of drug-likeness (QED) is 0.173. The van der Waals surface area contributed by atoms with Gasteiger partial charge in [-0.05, 0) is 102 Å². The Labute approximate surface area is 278 Å². The van der Waals surface area contributed by atoms with Crippen LogP contribution in [0.5, 0.6) is 23.0 Å². The Balaban J connectivity index is 1.13. The average Bonchev–Trinajstić information content (AvgIpc) is 3.45. The molecule has 2 aliphatic rings. The number of hydrogen-bond donors (Lipinski definition) is 0. The van der Waals surface area contributed by atoms with Gasteiger partial charge in [0.05, 0.1) is 27.9 Å². The molecule has 238 valence electrons. The predicted octanol–water partition coefficient (Wildman–Crippen LogP) is 8.57. The number of imide groups is 2. The van der Waals surface area contributed by atoms with Crippen molar-refractivity contribution in [3.8, 4) is 34.1 Å². The minimum Gasteiger partial charge on any atom is -0.453 e. The number of amides is 4. The van der Waals surface area contributed by atoms with E-state index in [4.69, 9.17) is 9.47 Å². The van der Waals surface area contributed by atoms with E-state index < -0.39 is 11.8 Å². The first-order chi connectivity index (χ1) is 22.9. The standard InChI is InChI=1S/C40H32N2O6/c1-23-6-13-28(14-7-23)48-35-22-26(40(2,3)4)10-19-34(35)47-29-15-11-27(12-16-29)42-38(45)31-18-9-25(21-33(31)39(42)46)24-8-17-30-32(20-24)37(44)41(5)36(30)43/h6-22H,1-5H3. The van der Waals surface area contributed by atoms with Gasteiger partial charge in [-0.3, -0.25) is 24.1 Å². The highest BCUT2D eigenvalue weighted by atomic mass is 16.5. The van der Waals surface area contributed by atoms with Crippen molar-refractivity contribution in [2.45, 2.75) is 33.1 Å². The highest BCUT2D eigenvalue weighted by molar-refractivity contribution is 6.34. The monoisotopic (exact) mass is 636 g/mol. The number of fused-ring (bicyclic) bond motifs is 2. The van der Waals surface area contributed by atoms with Crippen LogP contribution in [0, 0.1) is 6.92 Å². The van der Waals surface area contributed by atoms with Crippen LogP contribution in [0.25, 0.3) is 11.1 Å². The highest BCUT2D eigenvalue weighted by Crippen LogP contribution is 2.40. The number of carbonyl (C=O) groups excluding carboxylic acids is 4. The molecule has 0 atom stereocenters. The molecule has 0 saturated heterocycles. The molecule has 2 aliphatic heterocycles. The van der Waals surface area contributed by atoms with Crippen LogP contribution in [0.15, 0.2) is 103 Å². The van der Waals surface area contributed by atoms with E-state index in [1.807, 2.05) is 49.4 Å². The lowest BCUT2D eigenvalue weighted by molar-refractivity contribution is 0.0692. The predicted molar refractivity (Wildman–Crippen MR) is 182 cm³/mol. The maximum absolute atomic E-state index is 13.6. The fourth-order valence-corrected chi connectivity index (χ4v) is 5.86. The van der Waals surface area contributed by atoms with E-state index in [-0.39, 0.29) is 28.4 Å². The fourth-order valence-electron chi connectivity index (χ4n) is 5.86. The number of nitrogens with zero attached hydrogens (tertiary/aromatic N) is 2. The molecule has 0 bridgehead atoms. The largest absolute Gasteiger partial charge is 0.453 e. The third-order valence-corrected chi connectivity index (χ3v) is 8.69. The van der Waals surface area contributed by atoms with Gasteiger partial charge in [0.25, 0.3) is 23.6 Å².